The Hall–Kier alpha value is -4.88. The first-order valence-corrected chi connectivity index (χ1v) is 15.7. The van der Waals surface area contributed by atoms with E-state index in [1.807, 2.05) is 33.8 Å². The number of allylic oxidation sites excluding steroid dienone is 1. The predicted molar refractivity (Wildman–Crippen MR) is 175 cm³/mol. The van der Waals surface area contributed by atoms with E-state index in [-0.39, 0.29) is 42.3 Å². The number of fused-ring (bicyclic) bond motifs is 3. The second kappa shape index (κ2) is 12.3. The Kier molecular flexibility index (Phi) is 8.82. The monoisotopic (exact) mass is 662 g/mol. The molecule has 0 saturated heterocycles. The maximum absolute atomic E-state index is 14.1. The number of Topliss-reactive ketones (excluding diaryl/α,β-unsaturated/α-hetero) is 2. The average Bonchev–Trinajstić information content (AvgIpc) is 2.97. The molecule has 1 unspecified atom stereocenters. The number of likely N-dealkylation sites (N-methyl/N-ethyl adjacent to an activating group) is 1. The Morgan fingerprint density at radius 2 is 1.79 bits per heavy atom. The molecule has 0 spiro atoms. The summed E-state index contributed by atoms with van der Waals surface area (Å²) >= 11 is 0. The number of carbonyl (C=O) groups is 4. The number of benzene rings is 2. The lowest BCUT2D eigenvalue weighted by molar-refractivity contribution is -0.148. The van der Waals surface area contributed by atoms with Gasteiger partial charge in [-0.05, 0) is 95.4 Å². The molecule has 5 rings (SSSR count). The summed E-state index contributed by atoms with van der Waals surface area (Å²) in [7, 11) is 3.16. The molecule has 2 aromatic carbocycles. The van der Waals surface area contributed by atoms with Gasteiger partial charge in [-0.2, -0.15) is 0 Å². The van der Waals surface area contributed by atoms with Crippen molar-refractivity contribution in [3.8, 4) is 22.6 Å². The van der Waals surface area contributed by atoms with Crippen LogP contribution in [0.5, 0.6) is 11.5 Å². The molecule has 0 aliphatic heterocycles. The van der Waals surface area contributed by atoms with Gasteiger partial charge in [0.05, 0.1) is 18.2 Å². The number of rotatable bonds is 7. The molecule has 0 aromatic heterocycles. The minimum absolute atomic E-state index is 0.0256. The van der Waals surface area contributed by atoms with Crippen molar-refractivity contribution >= 4 is 23.5 Å². The van der Waals surface area contributed by atoms with Gasteiger partial charge in [0.2, 0.25) is 5.78 Å². The number of ketones is 2. The highest BCUT2D eigenvalue weighted by molar-refractivity contribution is 6.25. The van der Waals surface area contributed by atoms with Crippen molar-refractivity contribution < 1.29 is 44.3 Å². The van der Waals surface area contributed by atoms with E-state index in [0.29, 0.717) is 34.6 Å². The lowest BCUT2D eigenvalue weighted by Crippen LogP contribution is -2.63. The lowest BCUT2D eigenvalue weighted by Gasteiger charge is -2.50. The molecule has 0 radical (unpaired) electrons. The zero-order valence-corrected chi connectivity index (χ0v) is 27.8. The van der Waals surface area contributed by atoms with Crippen molar-refractivity contribution in [3.05, 3.63) is 69.7 Å². The fourth-order valence-corrected chi connectivity index (χ4v) is 7.26. The zero-order chi connectivity index (χ0) is 35.5. The number of nitrogens with one attached hydrogen (secondary N) is 2. The fourth-order valence-electron chi connectivity index (χ4n) is 7.26. The van der Waals surface area contributed by atoms with Gasteiger partial charge in [0.1, 0.15) is 28.6 Å². The smallest absolute Gasteiger partial charge is 0.315 e. The van der Waals surface area contributed by atoms with E-state index >= 15 is 0 Å². The van der Waals surface area contributed by atoms with Crippen LogP contribution in [-0.4, -0.2) is 86.7 Å². The summed E-state index contributed by atoms with van der Waals surface area (Å²) in [6.45, 7) is 7.97. The number of phenolic OH excluding ortho intramolecular Hbond substituents is 1. The molecule has 0 saturated carbocycles. The summed E-state index contributed by atoms with van der Waals surface area (Å²) in [5, 5.41) is 51.1. The van der Waals surface area contributed by atoms with Crippen LogP contribution in [0.4, 0.5) is 4.79 Å². The van der Waals surface area contributed by atoms with Crippen LogP contribution in [0.15, 0.2) is 53.0 Å². The molecule has 4 atom stereocenters. The Morgan fingerprint density at radius 3 is 2.40 bits per heavy atom. The first-order valence-electron chi connectivity index (χ1n) is 15.7. The number of nitrogens with two attached hydrogens (primary N) is 1. The van der Waals surface area contributed by atoms with Crippen LogP contribution < -0.4 is 21.1 Å². The van der Waals surface area contributed by atoms with Gasteiger partial charge in [-0.1, -0.05) is 12.1 Å². The molecule has 13 nitrogen and oxygen atoms in total. The molecule has 2 aromatic rings. The molecule has 8 N–H and O–H groups in total. The molecular formula is C35H42N4O9. The van der Waals surface area contributed by atoms with E-state index in [9.17, 15) is 39.6 Å². The SMILES string of the molecule is CCOc1ccc(-c2ccc(O)c3c2C[C@@H]2C[C@@H]4C(N(C)C)C(O)=C(C(N)=O)C(=O)[C@]4(O)C(O)=C2C3=O)cc1CNC(=O)NC(C)(C)C. The molecule has 0 bridgehead atoms. The van der Waals surface area contributed by atoms with Gasteiger partial charge < -0.3 is 41.5 Å². The second-order valence-corrected chi connectivity index (χ2v) is 13.8. The summed E-state index contributed by atoms with van der Waals surface area (Å²) in [5.74, 6) is -6.54. The number of hydrogen-bond acceptors (Lipinski definition) is 10. The molecular weight excluding hydrogens is 620 g/mol. The van der Waals surface area contributed by atoms with E-state index < -0.39 is 63.6 Å². The van der Waals surface area contributed by atoms with Crippen LogP contribution in [0, 0.1) is 11.8 Å². The number of primary amides is 1. The quantitative estimate of drug-likeness (QED) is 0.216. The number of carbonyl (C=O) groups excluding carboxylic acids is 4. The van der Waals surface area contributed by atoms with Gasteiger partial charge in [0, 0.05) is 29.1 Å². The topological polar surface area (TPSA) is 212 Å². The van der Waals surface area contributed by atoms with Crippen molar-refractivity contribution in [2.45, 2.75) is 64.3 Å². The highest BCUT2D eigenvalue weighted by Crippen LogP contribution is 2.53. The number of aliphatic hydroxyl groups is 3. The molecule has 0 fully saturated rings. The molecule has 3 aliphatic rings. The van der Waals surface area contributed by atoms with Gasteiger partial charge in [0.15, 0.2) is 11.4 Å². The summed E-state index contributed by atoms with van der Waals surface area (Å²) in [5.41, 5.74) is 3.51. The lowest BCUT2D eigenvalue weighted by atomic mass is 9.58. The van der Waals surface area contributed by atoms with Crippen LogP contribution in [0.3, 0.4) is 0 Å². The first-order chi connectivity index (χ1) is 22.4. The van der Waals surface area contributed by atoms with E-state index in [2.05, 4.69) is 10.6 Å². The second-order valence-electron chi connectivity index (χ2n) is 13.8. The molecule has 0 heterocycles. The van der Waals surface area contributed by atoms with Gasteiger partial charge in [0.25, 0.3) is 5.91 Å². The number of hydrogen-bond donors (Lipinski definition) is 7. The molecule has 3 amide bonds. The maximum atomic E-state index is 14.1. The third-order valence-electron chi connectivity index (χ3n) is 9.21. The Bertz CT molecular complexity index is 1790. The Morgan fingerprint density at radius 1 is 1.10 bits per heavy atom. The number of phenols is 1. The normalized spacial score (nSPS) is 23.8. The fraction of sp³-hybridized carbons (Fsp3) is 0.429. The molecule has 256 valence electrons. The number of amides is 3. The van der Waals surface area contributed by atoms with Crippen molar-refractivity contribution in [2.75, 3.05) is 20.7 Å². The van der Waals surface area contributed by atoms with Crippen LogP contribution >= 0.6 is 0 Å². The number of aromatic hydroxyl groups is 1. The Balaban J connectivity index is 1.60. The number of urea groups is 1. The highest BCUT2D eigenvalue weighted by Gasteiger charge is 2.63. The van der Waals surface area contributed by atoms with Gasteiger partial charge >= 0.3 is 6.03 Å². The largest absolute Gasteiger partial charge is 0.510 e. The summed E-state index contributed by atoms with van der Waals surface area (Å²) in [6, 6.07) is 6.98. The maximum Gasteiger partial charge on any atom is 0.315 e. The van der Waals surface area contributed by atoms with E-state index in [1.54, 1.807) is 32.3 Å². The number of nitrogens with zero attached hydrogens (tertiary/aromatic N) is 1. The minimum Gasteiger partial charge on any atom is -0.510 e. The van der Waals surface area contributed by atoms with Crippen molar-refractivity contribution in [1.82, 2.24) is 15.5 Å². The number of aliphatic hydroxyl groups excluding tert-OH is 2. The third-order valence-corrected chi connectivity index (χ3v) is 9.21. The van der Waals surface area contributed by atoms with E-state index in [0.717, 1.165) is 0 Å². The van der Waals surface area contributed by atoms with Crippen molar-refractivity contribution in [3.63, 3.8) is 0 Å². The van der Waals surface area contributed by atoms with Crippen molar-refractivity contribution in [2.24, 2.45) is 17.6 Å². The third kappa shape index (κ3) is 5.66. The summed E-state index contributed by atoms with van der Waals surface area (Å²) in [6.07, 6.45) is 0.106. The van der Waals surface area contributed by atoms with Gasteiger partial charge in [-0.25, -0.2) is 4.79 Å². The molecule has 13 heteroatoms. The first kappa shape index (κ1) is 34.5. The average molecular weight is 663 g/mol. The van der Waals surface area contributed by atoms with E-state index in [1.165, 1.54) is 11.0 Å². The van der Waals surface area contributed by atoms with Crippen LogP contribution in [0.25, 0.3) is 11.1 Å². The van der Waals surface area contributed by atoms with Crippen molar-refractivity contribution in [1.29, 1.82) is 0 Å². The summed E-state index contributed by atoms with van der Waals surface area (Å²) < 4.78 is 5.81. The predicted octanol–water partition coefficient (Wildman–Crippen LogP) is 2.78. The van der Waals surface area contributed by atoms with E-state index in [4.69, 9.17) is 10.5 Å². The van der Waals surface area contributed by atoms with Crippen LogP contribution in [0.2, 0.25) is 0 Å². The van der Waals surface area contributed by atoms with Crippen LogP contribution in [0.1, 0.15) is 55.6 Å². The molecule has 48 heavy (non-hydrogen) atoms. The van der Waals surface area contributed by atoms with Crippen LogP contribution in [-0.2, 0) is 22.6 Å². The van der Waals surface area contributed by atoms with Gasteiger partial charge in [-0.15, -0.1) is 0 Å². The standard InChI is InChI=1S/C35H42N4O9/c1-7-48-23-11-8-16(12-18(23)15-37-33(46)38-34(2,3)4)19-9-10-22(40)25-20(19)13-17-14-21-27(39(5)6)29(42)26(32(36)45)31(44)35(21,47)30(43)24(17)28(25)41/h8-12,17,21,27,40,42-43,47H,7,13-15H2,1-6H3,(H2,36,45)(H2,37,38,46)/t17-,21-,27?,35-/m1/s1. The highest BCUT2D eigenvalue weighted by atomic mass is 16.5. The zero-order valence-electron chi connectivity index (χ0n) is 27.8. The van der Waals surface area contributed by atoms with Gasteiger partial charge in [-0.3, -0.25) is 19.3 Å². The summed E-state index contributed by atoms with van der Waals surface area (Å²) in [4.78, 5) is 53.9. The Labute approximate surface area is 278 Å². The number of ether oxygens (including phenoxy) is 1. The minimum atomic E-state index is -2.71. The molecule has 3 aliphatic carbocycles.